The summed E-state index contributed by atoms with van der Waals surface area (Å²) in [5.74, 6) is 1.42. The summed E-state index contributed by atoms with van der Waals surface area (Å²) in [6.45, 7) is 6.01. The number of esters is 1. The van der Waals surface area contributed by atoms with Gasteiger partial charge in [-0.2, -0.15) is 0 Å². The second-order valence-corrected chi connectivity index (χ2v) is 8.54. The van der Waals surface area contributed by atoms with Crippen LogP contribution in [0.2, 0.25) is 0 Å². The number of para-hydroxylation sites is 1. The summed E-state index contributed by atoms with van der Waals surface area (Å²) in [6, 6.07) is 21.4. The molecule has 36 heavy (non-hydrogen) atoms. The number of amides is 2. The van der Waals surface area contributed by atoms with Crippen molar-refractivity contribution in [1.29, 1.82) is 0 Å². The van der Waals surface area contributed by atoms with Gasteiger partial charge < -0.3 is 19.5 Å². The van der Waals surface area contributed by atoms with Crippen molar-refractivity contribution in [2.75, 3.05) is 20.3 Å². The third-order valence-corrected chi connectivity index (χ3v) is 6.10. The van der Waals surface area contributed by atoms with E-state index in [2.05, 4.69) is 5.32 Å². The van der Waals surface area contributed by atoms with Crippen molar-refractivity contribution in [2.24, 2.45) is 0 Å². The van der Waals surface area contributed by atoms with Gasteiger partial charge in [-0.15, -0.1) is 0 Å². The van der Waals surface area contributed by atoms with Crippen molar-refractivity contribution in [3.05, 3.63) is 101 Å². The van der Waals surface area contributed by atoms with E-state index >= 15 is 0 Å². The van der Waals surface area contributed by atoms with Crippen LogP contribution in [0, 0.1) is 13.8 Å². The zero-order valence-electron chi connectivity index (χ0n) is 20.9. The van der Waals surface area contributed by atoms with Crippen LogP contribution in [0.4, 0.5) is 4.79 Å². The predicted octanol–water partition coefficient (Wildman–Crippen LogP) is 5.69. The van der Waals surface area contributed by atoms with Gasteiger partial charge in [-0.25, -0.2) is 9.59 Å². The van der Waals surface area contributed by atoms with Gasteiger partial charge in [-0.3, -0.25) is 4.90 Å². The maximum atomic E-state index is 13.2. The number of aryl methyl sites for hydroxylation is 2. The summed E-state index contributed by atoms with van der Waals surface area (Å²) in [4.78, 5) is 27.5. The molecule has 0 bridgehead atoms. The van der Waals surface area contributed by atoms with Gasteiger partial charge in [0.25, 0.3) is 0 Å². The predicted molar refractivity (Wildman–Crippen MR) is 137 cm³/mol. The van der Waals surface area contributed by atoms with E-state index in [1.54, 1.807) is 14.0 Å². The Labute approximate surface area is 211 Å². The Morgan fingerprint density at radius 2 is 1.67 bits per heavy atom. The molecular weight excluding hydrogens is 456 g/mol. The van der Waals surface area contributed by atoms with Gasteiger partial charge >= 0.3 is 12.0 Å². The molecule has 0 aliphatic carbocycles. The van der Waals surface area contributed by atoms with Crippen LogP contribution < -0.4 is 14.8 Å². The van der Waals surface area contributed by atoms with Crippen LogP contribution in [-0.2, 0) is 9.53 Å². The lowest BCUT2D eigenvalue weighted by Crippen LogP contribution is -2.48. The minimum Gasteiger partial charge on any atom is -0.487 e. The number of hydrogen-bond acceptors (Lipinski definition) is 5. The summed E-state index contributed by atoms with van der Waals surface area (Å²) < 4.78 is 17.4. The highest BCUT2D eigenvalue weighted by atomic mass is 16.5. The van der Waals surface area contributed by atoms with Crippen LogP contribution in [0.25, 0.3) is 0 Å². The molecule has 1 aliphatic rings. The van der Waals surface area contributed by atoms with Crippen molar-refractivity contribution >= 4 is 12.0 Å². The van der Waals surface area contributed by atoms with Gasteiger partial charge in [0.2, 0.25) is 0 Å². The van der Waals surface area contributed by atoms with Gasteiger partial charge in [0, 0.05) is 7.05 Å². The van der Waals surface area contributed by atoms with E-state index in [-0.39, 0.29) is 19.2 Å². The molecule has 3 aromatic rings. The van der Waals surface area contributed by atoms with Gasteiger partial charge in [0.1, 0.15) is 23.9 Å². The van der Waals surface area contributed by atoms with E-state index in [1.165, 1.54) is 4.90 Å². The summed E-state index contributed by atoms with van der Waals surface area (Å²) in [7, 11) is 1.61. The Balaban J connectivity index is 1.70. The molecule has 1 heterocycles. The molecule has 186 valence electrons. The van der Waals surface area contributed by atoms with Gasteiger partial charge in [-0.1, -0.05) is 36.4 Å². The Bertz CT molecular complexity index is 1290. The minimum absolute atomic E-state index is 0.0251. The highest BCUT2D eigenvalue weighted by Crippen LogP contribution is 2.34. The quantitative estimate of drug-likeness (QED) is 0.414. The van der Waals surface area contributed by atoms with Crippen molar-refractivity contribution < 1.29 is 23.8 Å². The zero-order chi connectivity index (χ0) is 25.7. The Morgan fingerprint density at radius 1 is 0.917 bits per heavy atom. The SMILES string of the molecule is CCOC(=O)C1=C(COc2ccc(C)c(C)c2)N(C)C(=O)N[C@@H]1c1cccc(Oc2ccccc2)c1. The third kappa shape index (κ3) is 5.51. The number of rotatable bonds is 8. The Morgan fingerprint density at radius 3 is 2.39 bits per heavy atom. The summed E-state index contributed by atoms with van der Waals surface area (Å²) >= 11 is 0. The molecule has 0 aromatic heterocycles. The molecule has 0 unspecified atom stereocenters. The van der Waals surface area contributed by atoms with Crippen LogP contribution in [0.5, 0.6) is 17.2 Å². The number of ether oxygens (including phenoxy) is 3. The monoisotopic (exact) mass is 486 g/mol. The van der Waals surface area contributed by atoms with Gasteiger partial charge in [0.05, 0.1) is 23.9 Å². The van der Waals surface area contributed by atoms with Crippen LogP contribution in [0.15, 0.2) is 84.1 Å². The third-order valence-electron chi connectivity index (χ3n) is 6.10. The maximum Gasteiger partial charge on any atom is 0.338 e. The van der Waals surface area contributed by atoms with Crippen molar-refractivity contribution in [3.8, 4) is 17.2 Å². The average Bonchev–Trinajstić information content (AvgIpc) is 2.87. The molecule has 7 heteroatoms. The molecule has 0 saturated carbocycles. The second kappa shape index (κ2) is 11.0. The molecule has 0 radical (unpaired) electrons. The summed E-state index contributed by atoms with van der Waals surface area (Å²) in [5, 5.41) is 2.92. The first-order valence-corrected chi connectivity index (χ1v) is 11.8. The highest BCUT2D eigenvalue weighted by Gasteiger charge is 2.37. The summed E-state index contributed by atoms with van der Waals surface area (Å²) in [5.41, 5.74) is 3.70. The van der Waals surface area contributed by atoms with E-state index < -0.39 is 12.0 Å². The molecule has 0 spiro atoms. The molecule has 1 atom stereocenters. The zero-order valence-corrected chi connectivity index (χ0v) is 20.9. The Kier molecular flexibility index (Phi) is 7.59. The number of nitrogens with one attached hydrogen (secondary N) is 1. The van der Waals surface area contributed by atoms with Crippen molar-refractivity contribution in [2.45, 2.75) is 26.8 Å². The molecule has 1 aliphatic heterocycles. The van der Waals surface area contributed by atoms with E-state index in [0.29, 0.717) is 34.1 Å². The normalized spacial score (nSPS) is 15.4. The van der Waals surface area contributed by atoms with E-state index in [0.717, 1.165) is 11.1 Å². The number of carbonyl (C=O) groups excluding carboxylic acids is 2. The van der Waals surface area contributed by atoms with Crippen molar-refractivity contribution in [1.82, 2.24) is 10.2 Å². The first-order valence-electron chi connectivity index (χ1n) is 11.8. The first-order chi connectivity index (χ1) is 17.4. The molecule has 1 N–H and O–H groups in total. The molecule has 2 amide bonds. The number of likely N-dealkylation sites (N-methyl/N-ethyl adjacent to an activating group) is 1. The van der Waals surface area contributed by atoms with Crippen LogP contribution in [0.3, 0.4) is 0 Å². The van der Waals surface area contributed by atoms with Gasteiger partial charge in [0.15, 0.2) is 0 Å². The molecule has 3 aromatic carbocycles. The largest absolute Gasteiger partial charge is 0.487 e. The Hall–Kier alpha value is -4.26. The van der Waals surface area contributed by atoms with Crippen molar-refractivity contribution in [3.63, 3.8) is 0 Å². The molecule has 0 saturated heterocycles. The second-order valence-electron chi connectivity index (χ2n) is 8.54. The fourth-order valence-corrected chi connectivity index (χ4v) is 3.97. The van der Waals surface area contributed by atoms with Crippen LogP contribution in [-0.4, -0.2) is 37.2 Å². The minimum atomic E-state index is -0.731. The van der Waals surface area contributed by atoms with E-state index in [1.807, 2.05) is 86.6 Å². The maximum absolute atomic E-state index is 13.2. The number of hydrogen-bond donors (Lipinski definition) is 1. The lowest BCUT2D eigenvalue weighted by molar-refractivity contribution is -0.139. The molecule has 0 fully saturated rings. The topological polar surface area (TPSA) is 77.1 Å². The first kappa shape index (κ1) is 24.9. The number of carbonyl (C=O) groups is 2. The molecule has 7 nitrogen and oxygen atoms in total. The lowest BCUT2D eigenvalue weighted by Gasteiger charge is -2.34. The number of nitrogens with zero attached hydrogens (tertiary/aromatic N) is 1. The fourth-order valence-electron chi connectivity index (χ4n) is 3.97. The number of benzene rings is 3. The lowest BCUT2D eigenvalue weighted by atomic mass is 9.94. The van der Waals surface area contributed by atoms with Crippen LogP contribution >= 0.6 is 0 Å². The summed E-state index contributed by atoms with van der Waals surface area (Å²) in [6.07, 6.45) is 0. The standard InChI is InChI=1S/C29H30N2O5/c1-5-34-28(32)26-25(18-35-23-15-14-19(2)20(3)16-23)31(4)29(33)30-27(26)21-10-9-13-24(17-21)36-22-11-7-6-8-12-22/h6-17,27H,5,18H2,1-4H3,(H,30,33)/t27-/m1/s1. The highest BCUT2D eigenvalue weighted by molar-refractivity contribution is 5.95. The van der Waals surface area contributed by atoms with Crippen LogP contribution in [0.1, 0.15) is 29.7 Å². The molecular formula is C29H30N2O5. The smallest absolute Gasteiger partial charge is 0.338 e. The fraction of sp³-hybridized carbons (Fsp3) is 0.241. The average molecular weight is 487 g/mol. The van der Waals surface area contributed by atoms with Gasteiger partial charge in [-0.05, 0) is 73.9 Å². The van der Waals surface area contributed by atoms with E-state index in [4.69, 9.17) is 14.2 Å². The number of urea groups is 1. The molecule has 4 rings (SSSR count). The van der Waals surface area contributed by atoms with E-state index in [9.17, 15) is 9.59 Å².